The van der Waals surface area contributed by atoms with Gasteiger partial charge in [-0.05, 0) is 18.2 Å². The number of hydrogen-bond donors (Lipinski definition) is 1. The number of halogens is 3. The molecular formula is C14H15F3N4O. The van der Waals surface area contributed by atoms with Crippen molar-refractivity contribution in [1.29, 1.82) is 0 Å². The van der Waals surface area contributed by atoms with Gasteiger partial charge in [0.25, 0.3) is 0 Å². The summed E-state index contributed by atoms with van der Waals surface area (Å²) < 4.78 is 43.5. The minimum atomic E-state index is -4.43. The zero-order valence-electron chi connectivity index (χ0n) is 12.3. The van der Waals surface area contributed by atoms with E-state index in [2.05, 4.69) is 15.3 Å². The molecule has 0 atom stereocenters. The largest absolute Gasteiger partial charge is 0.495 e. The SMILES string of the molecule is COc1ccc(C(F)(F)F)cc1Nc1cc(N(C)C)ncn1. The molecule has 0 aliphatic heterocycles. The number of benzene rings is 1. The summed E-state index contributed by atoms with van der Waals surface area (Å²) in [6.07, 6.45) is -3.10. The van der Waals surface area contributed by atoms with Crippen molar-refractivity contribution in [1.82, 2.24) is 9.97 Å². The van der Waals surface area contributed by atoms with Crippen LogP contribution in [0.5, 0.6) is 5.75 Å². The number of rotatable bonds is 4. The van der Waals surface area contributed by atoms with Crippen LogP contribution in [0.4, 0.5) is 30.5 Å². The number of anilines is 3. The highest BCUT2D eigenvalue weighted by Gasteiger charge is 2.31. The van der Waals surface area contributed by atoms with Crippen molar-refractivity contribution in [2.75, 3.05) is 31.4 Å². The molecular weight excluding hydrogens is 297 g/mol. The molecule has 1 aromatic carbocycles. The predicted octanol–water partition coefficient (Wildman–Crippen LogP) is 3.31. The van der Waals surface area contributed by atoms with E-state index in [0.717, 1.165) is 12.1 Å². The second-order valence-corrected chi connectivity index (χ2v) is 4.69. The molecule has 1 N–H and O–H groups in total. The van der Waals surface area contributed by atoms with Crippen LogP contribution in [0.25, 0.3) is 0 Å². The Balaban J connectivity index is 2.37. The second-order valence-electron chi connectivity index (χ2n) is 4.69. The molecule has 0 radical (unpaired) electrons. The molecule has 1 heterocycles. The first-order valence-corrected chi connectivity index (χ1v) is 6.33. The highest BCUT2D eigenvalue weighted by molar-refractivity contribution is 5.66. The first-order chi connectivity index (χ1) is 10.3. The summed E-state index contributed by atoms with van der Waals surface area (Å²) in [6.45, 7) is 0. The third-order valence-corrected chi connectivity index (χ3v) is 2.90. The fraction of sp³-hybridized carbons (Fsp3) is 0.286. The maximum absolute atomic E-state index is 12.8. The first kappa shape index (κ1) is 15.9. The number of nitrogens with one attached hydrogen (secondary N) is 1. The summed E-state index contributed by atoms with van der Waals surface area (Å²) in [7, 11) is 4.99. The summed E-state index contributed by atoms with van der Waals surface area (Å²) in [5, 5.41) is 2.83. The van der Waals surface area contributed by atoms with Crippen molar-refractivity contribution in [2.24, 2.45) is 0 Å². The van der Waals surface area contributed by atoms with Gasteiger partial charge in [-0.15, -0.1) is 0 Å². The fourth-order valence-corrected chi connectivity index (χ4v) is 1.78. The van der Waals surface area contributed by atoms with E-state index in [9.17, 15) is 13.2 Å². The smallest absolute Gasteiger partial charge is 0.416 e. The van der Waals surface area contributed by atoms with Gasteiger partial charge in [0.15, 0.2) is 0 Å². The molecule has 0 saturated heterocycles. The van der Waals surface area contributed by atoms with Gasteiger partial charge in [-0.3, -0.25) is 0 Å². The van der Waals surface area contributed by atoms with E-state index >= 15 is 0 Å². The molecule has 0 saturated carbocycles. The monoisotopic (exact) mass is 312 g/mol. The molecule has 118 valence electrons. The molecule has 0 unspecified atom stereocenters. The minimum absolute atomic E-state index is 0.181. The van der Waals surface area contributed by atoms with E-state index < -0.39 is 11.7 Å². The average molecular weight is 312 g/mol. The van der Waals surface area contributed by atoms with Gasteiger partial charge in [-0.1, -0.05) is 0 Å². The second kappa shape index (κ2) is 6.08. The number of methoxy groups -OCH3 is 1. The molecule has 1 aromatic heterocycles. The van der Waals surface area contributed by atoms with Crippen LogP contribution in [0.1, 0.15) is 5.56 Å². The fourth-order valence-electron chi connectivity index (χ4n) is 1.78. The van der Waals surface area contributed by atoms with Gasteiger partial charge in [-0.25, -0.2) is 9.97 Å². The molecule has 5 nitrogen and oxygen atoms in total. The summed E-state index contributed by atoms with van der Waals surface area (Å²) in [5.74, 6) is 1.29. The number of hydrogen-bond acceptors (Lipinski definition) is 5. The normalized spacial score (nSPS) is 11.2. The number of aromatic nitrogens is 2. The molecule has 0 fully saturated rings. The Labute approximate surface area is 125 Å². The van der Waals surface area contributed by atoms with Gasteiger partial charge in [0, 0.05) is 20.2 Å². The standard InChI is InChI=1S/C14H15F3N4O/c1-21(2)13-7-12(18-8-19-13)20-10-6-9(14(15,16)17)4-5-11(10)22-3/h4-8H,1-3H3,(H,18,19,20). The molecule has 2 aromatic rings. The lowest BCUT2D eigenvalue weighted by molar-refractivity contribution is -0.137. The molecule has 0 aliphatic carbocycles. The first-order valence-electron chi connectivity index (χ1n) is 6.33. The van der Waals surface area contributed by atoms with E-state index in [1.54, 1.807) is 25.1 Å². The van der Waals surface area contributed by atoms with Gasteiger partial charge in [-0.2, -0.15) is 13.2 Å². The highest BCUT2D eigenvalue weighted by Crippen LogP contribution is 2.36. The summed E-state index contributed by atoms with van der Waals surface area (Å²) in [5.41, 5.74) is -0.585. The lowest BCUT2D eigenvalue weighted by Gasteiger charge is -2.15. The topological polar surface area (TPSA) is 50.3 Å². The Hall–Kier alpha value is -2.51. The van der Waals surface area contributed by atoms with Crippen molar-refractivity contribution < 1.29 is 17.9 Å². The molecule has 8 heteroatoms. The number of nitrogens with zero attached hydrogens (tertiary/aromatic N) is 3. The lowest BCUT2D eigenvalue weighted by atomic mass is 10.1. The molecule has 0 spiro atoms. The zero-order chi connectivity index (χ0) is 16.3. The Morgan fingerprint density at radius 2 is 1.86 bits per heavy atom. The van der Waals surface area contributed by atoms with Crippen molar-refractivity contribution in [3.8, 4) is 5.75 Å². The van der Waals surface area contributed by atoms with E-state index in [0.29, 0.717) is 11.6 Å². The summed E-state index contributed by atoms with van der Waals surface area (Å²) >= 11 is 0. The van der Waals surface area contributed by atoms with Gasteiger partial charge >= 0.3 is 6.18 Å². The van der Waals surface area contributed by atoms with Crippen LogP contribution in [0.3, 0.4) is 0 Å². The quantitative estimate of drug-likeness (QED) is 0.938. The maximum atomic E-state index is 12.8. The predicted molar refractivity (Wildman–Crippen MR) is 77.6 cm³/mol. The van der Waals surface area contributed by atoms with Crippen LogP contribution in [0.2, 0.25) is 0 Å². The van der Waals surface area contributed by atoms with Crippen LogP contribution < -0.4 is 15.0 Å². The Bertz CT molecular complexity index is 659. The lowest BCUT2D eigenvalue weighted by Crippen LogP contribution is -2.11. The van der Waals surface area contributed by atoms with Gasteiger partial charge in [0.1, 0.15) is 23.7 Å². The van der Waals surface area contributed by atoms with Crippen LogP contribution in [0, 0.1) is 0 Å². The third kappa shape index (κ3) is 3.57. The Kier molecular flexibility index (Phi) is 4.39. The zero-order valence-corrected chi connectivity index (χ0v) is 12.3. The Morgan fingerprint density at radius 1 is 1.14 bits per heavy atom. The molecule has 2 rings (SSSR count). The van der Waals surface area contributed by atoms with Gasteiger partial charge in [0.05, 0.1) is 18.4 Å². The number of alkyl halides is 3. The Morgan fingerprint density at radius 3 is 2.45 bits per heavy atom. The minimum Gasteiger partial charge on any atom is -0.495 e. The van der Waals surface area contributed by atoms with Crippen molar-refractivity contribution >= 4 is 17.3 Å². The van der Waals surface area contributed by atoms with E-state index in [1.807, 2.05) is 0 Å². The van der Waals surface area contributed by atoms with Crippen molar-refractivity contribution in [3.05, 3.63) is 36.2 Å². The maximum Gasteiger partial charge on any atom is 0.416 e. The van der Waals surface area contributed by atoms with Crippen molar-refractivity contribution in [2.45, 2.75) is 6.18 Å². The number of ether oxygens (including phenoxy) is 1. The highest BCUT2D eigenvalue weighted by atomic mass is 19.4. The summed E-state index contributed by atoms with van der Waals surface area (Å²) in [4.78, 5) is 9.80. The third-order valence-electron chi connectivity index (χ3n) is 2.90. The van der Waals surface area contributed by atoms with E-state index in [-0.39, 0.29) is 11.4 Å². The molecule has 22 heavy (non-hydrogen) atoms. The van der Waals surface area contributed by atoms with E-state index in [1.165, 1.54) is 19.5 Å². The van der Waals surface area contributed by atoms with Gasteiger partial charge < -0.3 is 15.0 Å². The molecule has 0 amide bonds. The van der Waals surface area contributed by atoms with Crippen LogP contribution in [-0.2, 0) is 6.18 Å². The van der Waals surface area contributed by atoms with Crippen LogP contribution in [-0.4, -0.2) is 31.2 Å². The van der Waals surface area contributed by atoms with Crippen LogP contribution >= 0.6 is 0 Å². The average Bonchev–Trinajstić information content (AvgIpc) is 2.46. The molecule has 0 aliphatic rings. The summed E-state index contributed by atoms with van der Waals surface area (Å²) in [6, 6.07) is 4.84. The van der Waals surface area contributed by atoms with Crippen LogP contribution in [0.15, 0.2) is 30.6 Å². The van der Waals surface area contributed by atoms with Crippen molar-refractivity contribution in [3.63, 3.8) is 0 Å². The molecule has 0 bridgehead atoms. The van der Waals surface area contributed by atoms with Gasteiger partial charge in [0.2, 0.25) is 0 Å². The van der Waals surface area contributed by atoms with E-state index in [4.69, 9.17) is 4.74 Å².